The van der Waals surface area contributed by atoms with Crippen molar-refractivity contribution in [3.8, 4) is 5.75 Å². The van der Waals surface area contributed by atoms with E-state index in [-0.39, 0.29) is 11.3 Å². The van der Waals surface area contributed by atoms with Crippen LogP contribution in [0.4, 0.5) is 5.69 Å². The third kappa shape index (κ3) is 4.37. The van der Waals surface area contributed by atoms with Gasteiger partial charge in [-0.15, -0.1) is 0 Å². The summed E-state index contributed by atoms with van der Waals surface area (Å²) >= 11 is 0. The fourth-order valence-corrected chi connectivity index (χ4v) is 1.64. The largest absolute Gasteiger partial charge is 0.495 e. The number of hydrogen-bond donors (Lipinski definition) is 2. The highest BCUT2D eigenvalue weighted by Gasteiger charge is 2.17. The van der Waals surface area contributed by atoms with E-state index < -0.39 is 0 Å². The minimum atomic E-state index is -0.0332. The average Bonchev–Trinajstić information content (AvgIpc) is 2.27. The van der Waals surface area contributed by atoms with Gasteiger partial charge in [0.25, 0.3) is 0 Å². The first-order valence-corrected chi connectivity index (χ1v) is 6.02. The van der Waals surface area contributed by atoms with E-state index in [2.05, 4.69) is 5.32 Å². The predicted octanol–water partition coefficient (Wildman–Crippen LogP) is 2.53. The molecule has 0 unspecified atom stereocenters. The maximum absolute atomic E-state index is 11.9. The smallest absolute Gasteiger partial charge is 0.224 e. The Hall–Kier alpha value is -1.55. The molecular formula is C14H22N2O2. The summed E-state index contributed by atoms with van der Waals surface area (Å²) in [5.74, 6) is 0.626. The molecule has 1 aromatic carbocycles. The van der Waals surface area contributed by atoms with Crippen LogP contribution in [0.3, 0.4) is 0 Å². The Bertz CT molecular complexity index is 422. The van der Waals surface area contributed by atoms with Crippen LogP contribution in [0, 0.1) is 5.41 Å². The summed E-state index contributed by atoms with van der Waals surface area (Å²) in [7, 11) is 1.58. The summed E-state index contributed by atoms with van der Waals surface area (Å²) in [4.78, 5) is 11.9. The summed E-state index contributed by atoms with van der Waals surface area (Å²) < 4.78 is 5.25. The van der Waals surface area contributed by atoms with Crippen LogP contribution in [0.1, 0.15) is 32.8 Å². The molecule has 0 saturated heterocycles. The van der Waals surface area contributed by atoms with Gasteiger partial charge in [0.1, 0.15) is 5.75 Å². The Morgan fingerprint density at radius 2 is 2.06 bits per heavy atom. The molecule has 0 spiro atoms. The first kappa shape index (κ1) is 14.5. The molecule has 0 fully saturated rings. The van der Waals surface area contributed by atoms with Crippen LogP contribution in [-0.2, 0) is 11.3 Å². The molecule has 0 aromatic heterocycles. The molecule has 1 amide bonds. The molecular weight excluding hydrogens is 228 g/mol. The predicted molar refractivity (Wildman–Crippen MR) is 73.6 cm³/mol. The molecule has 0 aliphatic heterocycles. The van der Waals surface area contributed by atoms with E-state index in [0.717, 1.165) is 5.56 Å². The minimum absolute atomic E-state index is 0.0127. The zero-order valence-corrected chi connectivity index (χ0v) is 11.5. The van der Waals surface area contributed by atoms with Gasteiger partial charge in [-0.1, -0.05) is 26.8 Å². The lowest BCUT2D eigenvalue weighted by atomic mass is 9.92. The number of amides is 1. The molecule has 1 aromatic rings. The van der Waals surface area contributed by atoms with Crippen LogP contribution in [-0.4, -0.2) is 13.0 Å². The first-order chi connectivity index (χ1) is 8.35. The minimum Gasteiger partial charge on any atom is -0.495 e. The number of hydrogen-bond acceptors (Lipinski definition) is 3. The van der Waals surface area contributed by atoms with Crippen LogP contribution in [0.15, 0.2) is 18.2 Å². The zero-order chi connectivity index (χ0) is 13.8. The number of nitrogens with two attached hydrogens (primary N) is 1. The van der Waals surface area contributed by atoms with E-state index in [9.17, 15) is 4.79 Å². The number of rotatable bonds is 4. The number of anilines is 1. The quantitative estimate of drug-likeness (QED) is 0.863. The molecule has 0 radical (unpaired) electrons. The average molecular weight is 250 g/mol. The third-order valence-electron chi connectivity index (χ3n) is 2.47. The normalized spacial score (nSPS) is 11.2. The van der Waals surface area contributed by atoms with E-state index in [1.807, 2.05) is 39.0 Å². The lowest BCUT2D eigenvalue weighted by Gasteiger charge is -2.18. The summed E-state index contributed by atoms with van der Waals surface area (Å²) in [6.07, 6.45) is 0.467. The fraction of sp³-hybridized carbons (Fsp3) is 0.500. The molecule has 0 heterocycles. The van der Waals surface area contributed by atoms with Gasteiger partial charge >= 0.3 is 0 Å². The highest BCUT2D eigenvalue weighted by atomic mass is 16.5. The zero-order valence-electron chi connectivity index (χ0n) is 11.5. The van der Waals surface area contributed by atoms with E-state index in [4.69, 9.17) is 10.5 Å². The van der Waals surface area contributed by atoms with Crippen LogP contribution in [0.5, 0.6) is 5.75 Å². The van der Waals surface area contributed by atoms with Crippen molar-refractivity contribution in [3.05, 3.63) is 23.8 Å². The molecule has 4 heteroatoms. The molecule has 100 valence electrons. The molecule has 0 atom stereocenters. The molecule has 0 aliphatic rings. The lowest BCUT2D eigenvalue weighted by Crippen LogP contribution is -2.20. The van der Waals surface area contributed by atoms with E-state index >= 15 is 0 Å². The molecule has 0 bridgehead atoms. The van der Waals surface area contributed by atoms with Crippen molar-refractivity contribution in [1.29, 1.82) is 0 Å². The van der Waals surface area contributed by atoms with Crippen molar-refractivity contribution >= 4 is 11.6 Å². The van der Waals surface area contributed by atoms with Gasteiger partial charge in [0.05, 0.1) is 12.8 Å². The van der Waals surface area contributed by atoms with Crippen molar-refractivity contribution < 1.29 is 9.53 Å². The second-order valence-electron chi connectivity index (χ2n) is 5.52. The van der Waals surface area contributed by atoms with E-state index in [1.165, 1.54) is 0 Å². The fourth-order valence-electron chi connectivity index (χ4n) is 1.64. The van der Waals surface area contributed by atoms with Crippen LogP contribution in [0.25, 0.3) is 0 Å². The van der Waals surface area contributed by atoms with Gasteiger partial charge in [-0.25, -0.2) is 0 Å². The molecule has 0 aliphatic carbocycles. The summed E-state index contributed by atoms with van der Waals surface area (Å²) in [6.45, 7) is 6.54. The summed E-state index contributed by atoms with van der Waals surface area (Å²) in [6, 6.07) is 5.55. The van der Waals surface area contributed by atoms with Crippen molar-refractivity contribution in [2.24, 2.45) is 11.1 Å². The van der Waals surface area contributed by atoms with Crippen molar-refractivity contribution in [2.45, 2.75) is 33.7 Å². The van der Waals surface area contributed by atoms with Gasteiger partial charge in [-0.2, -0.15) is 0 Å². The standard InChI is InChI=1S/C14H22N2O2/c1-14(2,3)8-13(17)16-11-6-5-10(9-15)7-12(11)18-4/h5-7H,8-9,15H2,1-4H3,(H,16,17). The van der Waals surface area contributed by atoms with Gasteiger partial charge in [-0.05, 0) is 23.1 Å². The van der Waals surface area contributed by atoms with Gasteiger partial charge in [0, 0.05) is 13.0 Å². The van der Waals surface area contributed by atoms with Crippen molar-refractivity contribution in [1.82, 2.24) is 0 Å². The van der Waals surface area contributed by atoms with Crippen LogP contribution in [0.2, 0.25) is 0 Å². The third-order valence-corrected chi connectivity index (χ3v) is 2.47. The Morgan fingerprint density at radius 1 is 1.39 bits per heavy atom. The van der Waals surface area contributed by atoms with Gasteiger partial charge < -0.3 is 15.8 Å². The first-order valence-electron chi connectivity index (χ1n) is 6.02. The summed E-state index contributed by atoms with van der Waals surface area (Å²) in [5.41, 5.74) is 7.19. The SMILES string of the molecule is COc1cc(CN)ccc1NC(=O)CC(C)(C)C. The second-order valence-corrected chi connectivity index (χ2v) is 5.52. The number of nitrogens with one attached hydrogen (secondary N) is 1. The highest BCUT2D eigenvalue weighted by Crippen LogP contribution is 2.27. The molecule has 1 rings (SSSR count). The highest BCUT2D eigenvalue weighted by molar-refractivity contribution is 5.92. The number of ether oxygens (including phenoxy) is 1. The Balaban J connectivity index is 2.81. The topological polar surface area (TPSA) is 64.3 Å². The van der Waals surface area contributed by atoms with Gasteiger partial charge in [-0.3, -0.25) is 4.79 Å². The van der Waals surface area contributed by atoms with E-state index in [0.29, 0.717) is 24.4 Å². The Labute approximate surface area is 109 Å². The summed E-state index contributed by atoms with van der Waals surface area (Å²) in [5, 5.41) is 2.86. The number of carbonyl (C=O) groups excluding carboxylic acids is 1. The maximum atomic E-state index is 11.9. The van der Waals surface area contributed by atoms with Crippen LogP contribution < -0.4 is 15.8 Å². The molecule has 0 saturated carbocycles. The number of methoxy groups -OCH3 is 1. The van der Waals surface area contributed by atoms with Crippen molar-refractivity contribution in [3.63, 3.8) is 0 Å². The lowest BCUT2D eigenvalue weighted by molar-refractivity contribution is -0.117. The Kier molecular flexibility index (Phi) is 4.73. The van der Waals surface area contributed by atoms with Gasteiger partial charge in [0.15, 0.2) is 0 Å². The number of carbonyl (C=O) groups is 1. The molecule has 18 heavy (non-hydrogen) atoms. The monoisotopic (exact) mass is 250 g/mol. The maximum Gasteiger partial charge on any atom is 0.224 e. The van der Waals surface area contributed by atoms with E-state index in [1.54, 1.807) is 7.11 Å². The number of benzene rings is 1. The van der Waals surface area contributed by atoms with Crippen LogP contribution >= 0.6 is 0 Å². The Morgan fingerprint density at radius 3 is 2.56 bits per heavy atom. The molecule has 3 N–H and O–H groups in total. The van der Waals surface area contributed by atoms with Crippen molar-refractivity contribution in [2.75, 3.05) is 12.4 Å². The molecule has 4 nitrogen and oxygen atoms in total. The second kappa shape index (κ2) is 5.87. The van der Waals surface area contributed by atoms with Gasteiger partial charge in [0.2, 0.25) is 5.91 Å².